The fourth-order valence-electron chi connectivity index (χ4n) is 3.06. The highest BCUT2D eigenvalue weighted by atomic mass is 16.7. The topological polar surface area (TPSA) is 21.7 Å². The predicted molar refractivity (Wildman–Crippen MR) is 57.4 cm³/mol. The molecular formula is C12H21NO2. The molecule has 86 valence electrons. The number of ether oxygens (including phenoxy) is 1. The molecule has 1 spiro atoms. The summed E-state index contributed by atoms with van der Waals surface area (Å²) in [5.74, 6) is 0. The summed E-state index contributed by atoms with van der Waals surface area (Å²) in [7, 11) is 0. The van der Waals surface area contributed by atoms with Gasteiger partial charge in [-0.3, -0.25) is 4.84 Å². The van der Waals surface area contributed by atoms with Crippen LogP contribution >= 0.6 is 0 Å². The van der Waals surface area contributed by atoms with Gasteiger partial charge in [-0.05, 0) is 40.0 Å². The largest absolute Gasteiger partial charge is 0.371 e. The van der Waals surface area contributed by atoms with E-state index in [2.05, 4.69) is 25.8 Å². The van der Waals surface area contributed by atoms with E-state index in [1.54, 1.807) is 0 Å². The highest BCUT2D eigenvalue weighted by Gasteiger charge is 2.62. The van der Waals surface area contributed by atoms with Gasteiger partial charge in [-0.1, -0.05) is 0 Å². The Labute approximate surface area is 91.7 Å². The molecule has 0 aromatic rings. The highest BCUT2D eigenvalue weighted by Crippen LogP contribution is 2.57. The molecule has 2 heterocycles. The Balaban J connectivity index is 1.75. The minimum absolute atomic E-state index is 0.0284. The van der Waals surface area contributed by atoms with Gasteiger partial charge in [0.2, 0.25) is 0 Å². The second-order valence-electron chi connectivity index (χ2n) is 6.28. The average Bonchev–Trinajstić information content (AvgIpc) is 2.62. The zero-order valence-corrected chi connectivity index (χ0v) is 9.95. The van der Waals surface area contributed by atoms with E-state index in [1.807, 2.05) is 0 Å². The van der Waals surface area contributed by atoms with Crippen LogP contribution < -0.4 is 0 Å². The standard InChI is InChI=1S/C12H21NO2/c1-11(2,3)15-9-4-7-13-10(9)12(5-6-12)8-14-13/h9-10H,4-8H2,1-3H3/t9-,10-/m0/s1. The van der Waals surface area contributed by atoms with Crippen LogP contribution in [-0.2, 0) is 9.57 Å². The molecule has 0 aromatic carbocycles. The van der Waals surface area contributed by atoms with Gasteiger partial charge in [-0.25, -0.2) is 0 Å². The van der Waals surface area contributed by atoms with E-state index in [-0.39, 0.29) is 5.60 Å². The van der Waals surface area contributed by atoms with Crippen LogP contribution in [-0.4, -0.2) is 36.0 Å². The maximum atomic E-state index is 6.17. The lowest BCUT2D eigenvalue weighted by Gasteiger charge is -2.30. The van der Waals surface area contributed by atoms with Crippen LogP contribution in [0, 0.1) is 5.41 Å². The third-order valence-electron chi connectivity index (χ3n) is 3.84. The number of rotatable bonds is 1. The first-order valence-electron chi connectivity index (χ1n) is 6.08. The number of fused-ring (bicyclic) bond motifs is 2. The van der Waals surface area contributed by atoms with Gasteiger partial charge in [0.25, 0.3) is 0 Å². The summed E-state index contributed by atoms with van der Waals surface area (Å²) in [4.78, 5) is 5.75. The van der Waals surface area contributed by atoms with Crippen LogP contribution in [0.15, 0.2) is 0 Å². The van der Waals surface area contributed by atoms with E-state index in [0.717, 1.165) is 19.6 Å². The maximum absolute atomic E-state index is 6.17. The van der Waals surface area contributed by atoms with Crippen LogP contribution in [0.1, 0.15) is 40.0 Å². The van der Waals surface area contributed by atoms with Gasteiger partial charge >= 0.3 is 0 Å². The van der Waals surface area contributed by atoms with Crippen molar-refractivity contribution in [1.82, 2.24) is 5.06 Å². The monoisotopic (exact) mass is 211 g/mol. The number of hydroxylamine groups is 2. The molecule has 1 saturated carbocycles. The molecule has 2 atom stereocenters. The van der Waals surface area contributed by atoms with Gasteiger partial charge in [0.05, 0.1) is 24.4 Å². The summed E-state index contributed by atoms with van der Waals surface area (Å²) in [6.07, 6.45) is 4.18. The SMILES string of the molecule is CC(C)(C)O[C@H]1CCN2OCC3(CC3)[C@H]12. The van der Waals surface area contributed by atoms with Gasteiger partial charge in [0, 0.05) is 12.0 Å². The Morgan fingerprint density at radius 2 is 2.07 bits per heavy atom. The molecule has 2 aliphatic heterocycles. The number of nitrogens with zero attached hydrogens (tertiary/aromatic N) is 1. The second kappa shape index (κ2) is 2.96. The molecule has 0 bridgehead atoms. The minimum atomic E-state index is -0.0284. The Bertz CT molecular complexity index is 267. The van der Waals surface area contributed by atoms with Crippen molar-refractivity contribution in [3.63, 3.8) is 0 Å². The zero-order chi connectivity index (χ0) is 10.7. The molecule has 0 radical (unpaired) electrons. The maximum Gasteiger partial charge on any atom is 0.0780 e. The van der Waals surface area contributed by atoms with Crippen molar-refractivity contribution in [2.24, 2.45) is 5.41 Å². The van der Waals surface area contributed by atoms with Crippen molar-refractivity contribution in [3.05, 3.63) is 0 Å². The third kappa shape index (κ3) is 1.61. The molecule has 0 N–H and O–H groups in total. The quantitative estimate of drug-likeness (QED) is 0.662. The molecule has 3 heteroatoms. The minimum Gasteiger partial charge on any atom is -0.371 e. The molecular weight excluding hydrogens is 190 g/mol. The van der Waals surface area contributed by atoms with Gasteiger partial charge in [0.15, 0.2) is 0 Å². The molecule has 15 heavy (non-hydrogen) atoms. The fourth-order valence-corrected chi connectivity index (χ4v) is 3.06. The van der Waals surface area contributed by atoms with Crippen LogP contribution in [0.5, 0.6) is 0 Å². The third-order valence-corrected chi connectivity index (χ3v) is 3.84. The lowest BCUT2D eigenvalue weighted by Crippen LogP contribution is -2.40. The summed E-state index contributed by atoms with van der Waals surface area (Å²) in [6.45, 7) is 8.41. The first-order chi connectivity index (χ1) is 7.00. The van der Waals surface area contributed by atoms with Crippen LogP contribution in [0.2, 0.25) is 0 Å². The molecule has 1 aliphatic carbocycles. The Morgan fingerprint density at radius 1 is 1.33 bits per heavy atom. The van der Waals surface area contributed by atoms with E-state index in [0.29, 0.717) is 17.6 Å². The average molecular weight is 211 g/mol. The van der Waals surface area contributed by atoms with E-state index in [9.17, 15) is 0 Å². The molecule has 3 fully saturated rings. The Hall–Kier alpha value is -0.120. The van der Waals surface area contributed by atoms with Crippen molar-refractivity contribution in [2.45, 2.75) is 57.8 Å². The summed E-state index contributed by atoms with van der Waals surface area (Å²) < 4.78 is 6.17. The lowest BCUT2D eigenvalue weighted by atomic mass is 9.94. The highest BCUT2D eigenvalue weighted by molar-refractivity contribution is 5.10. The van der Waals surface area contributed by atoms with Crippen molar-refractivity contribution in [2.75, 3.05) is 13.2 Å². The van der Waals surface area contributed by atoms with Crippen molar-refractivity contribution in [1.29, 1.82) is 0 Å². The number of hydrogen-bond donors (Lipinski definition) is 0. The first kappa shape index (κ1) is 10.1. The van der Waals surface area contributed by atoms with Crippen molar-refractivity contribution < 1.29 is 9.57 Å². The summed E-state index contributed by atoms with van der Waals surface area (Å²) in [6, 6.07) is 0.539. The zero-order valence-electron chi connectivity index (χ0n) is 9.95. The normalized spacial score (nSPS) is 38.6. The molecule has 3 rings (SSSR count). The second-order valence-corrected chi connectivity index (χ2v) is 6.28. The first-order valence-corrected chi connectivity index (χ1v) is 6.08. The van der Waals surface area contributed by atoms with Gasteiger partial charge in [-0.15, -0.1) is 0 Å². The lowest BCUT2D eigenvalue weighted by molar-refractivity contribution is -0.134. The van der Waals surface area contributed by atoms with E-state index >= 15 is 0 Å². The van der Waals surface area contributed by atoms with Crippen LogP contribution in [0.4, 0.5) is 0 Å². The molecule has 0 aromatic heterocycles. The van der Waals surface area contributed by atoms with E-state index in [1.165, 1.54) is 12.8 Å². The van der Waals surface area contributed by atoms with Crippen LogP contribution in [0.25, 0.3) is 0 Å². The van der Waals surface area contributed by atoms with Crippen molar-refractivity contribution >= 4 is 0 Å². The van der Waals surface area contributed by atoms with Crippen molar-refractivity contribution in [3.8, 4) is 0 Å². The number of hydrogen-bond acceptors (Lipinski definition) is 3. The van der Waals surface area contributed by atoms with Gasteiger partial charge in [-0.2, -0.15) is 5.06 Å². The van der Waals surface area contributed by atoms with E-state index in [4.69, 9.17) is 9.57 Å². The Kier molecular flexibility index (Phi) is 1.99. The van der Waals surface area contributed by atoms with E-state index < -0.39 is 0 Å². The summed E-state index contributed by atoms with van der Waals surface area (Å²) >= 11 is 0. The van der Waals surface area contributed by atoms with Gasteiger partial charge < -0.3 is 4.74 Å². The molecule has 0 amide bonds. The van der Waals surface area contributed by atoms with Gasteiger partial charge in [0.1, 0.15) is 0 Å². The molecule has 3 aliphatic rings. The predicted octanol–water partition coefficient (Wildman–Crippen LogP) is 1.97. The summed E-state index contributed by atoms with van der Waals surface area (Å²) in [5, 5.41) is 2.18. The molecule has 3 nitrogen and oxygen atoms in total. The summed E-state index contributed by atoms with van der Waals surface area (Å²) in [5.41, 5.74) is 0.436. The smallest absolute Gasteiger partial charge is 0.0780 e. The fraction of sp³-hybridized carbons (Fsp3) is 1.00. The molecule has 0 unspecified atom stereocenters. The van der Waals surface area contributed by atoms with Crippen LogP contribution in [0.3, 0.4) is 0 Å². The molecule has 2 saturated heterocycles. The Morgan fingerprint density at radius 3 is 2.67 bits per heavy atom.